The summed E-state index contributed by atoms with van der Waals surface area (Å²) in [5, 5.41) is 14.1. The first-order chi connectivity index (χ1) is 18.0. The maximum atomic E-state index is 14.1. The van der Waals surface area contributed by atoms with E-state index >= 15 is 0 Å². The number of carbonyl (C=O) groups is 2. The zero-order valence-electron chi connectivity index (χ0n) is 20.0. The highest BCUT2D eigenvalue weighted by atomic mass is 19.1. The van der Waals surface area contributed by atoms with E-state index in [4.69, 9.17) is 9.47 Å². The van der Waals surface area contributed by atoms with Crippen molar-refractivity contribution in [2.45, 2.75) is 13.5 Å². The van der Waals surface area contributed by atoms with E-state index in [0.29, 0.717) is 28.1 Å². The average Bonchev–Trinajstić information content (AvgIpc) is 2.92. The Morgan fingerprint density at radius 3 is 2.43 bits per heavy atom. The number of nitriles is 1. The normalized spacial score (nSPS) is 11.0. The molecule has 0 bridgehead atoms. The molecule has 0 spiro atoms. The van der Waals surface area contributed by atoms with Gasteiger partial charge in [-0.3, -0.25) is 4.79 Å². The van der Waals surface area contributed by atoms with Crippen molar-refractivity contribution in [1.29, 1.82) is 5.26 Å². The standard InChI is InChI=1S/C30H23FN2O4/c1-2-36-30(35)21-11-14-24(15-12-21)33-29(34)23(18-32)17-26-25-9-5-3-7-20(25)13-16-28(26)37-19-22-8-4-6-10-27(22)31/h3-17H,2,19H2,1H3,(H,33,34)/b23-17+. The Morgan fingerprint density at radius 2 is 1.70 bits per heavy atom. The highest BCUT2D eigenvalue weighted by molar-refractivity contribution is 6.11. The van der Waals surface area contributed by atoms with E-state index in [9.17, 15) is 19.2 Å². The Balaban J connectivity index is 1.63. The molecule has 0 saturated heterocycles. The van der Waals surface area contributed by atoms with E-state index in [1.165, 1.54) is 24.3 Å². The van der Waals surface area contributed by atoms with E-state index in [1.54, 1.807) is 43.3 Å². The summed E-state index contributed by atoms with van der Waals surface area (Å²) in [7, 11) is 0. The third kappa shape index (κ3) is 6.00. The Morgan fingerprint density at radius 1 is 0.973 bits per heavy atom. The number of amides is 1. The number of hydrogen-bond acceptors (Lipinski definition) is 5. The van der Waals surface area contributed by atoms with Crippen molar-refractivity contribution in [1.82, 2.24) is 0 Å². The zero-order valence-corrected chi connectivity index (χ0v) is 20.0. The van der Waals surface area contributed by atoms with Gasteiger partial charge in [-0.25, -0.2) is 9.18 Å². The van der Waals surface area contributed by atoms with Crippen molar-refractivity contribution in [3.8, 4) is 11.8 Å². The lowest BCUT2D eigenvalue weighted by molar-refractivity contribution is -0.112. The molecular weight excluding hydrogens is 471 g/mol. The molecule has 4 aromatic carbocycles. The quantitative estimate of drug-likeness (QED) is 0.177. The molecule has 1 amide bonds. The lowest BCUT2D eigenvalue weighted by Gasteiger charge is -2.13. The maximum absolute atomic E-state index is 14.1. The molecule has 0 aromatic heterocycles. The molecule has 0 aliphatic rings. The van der Waals surface area contributed by atoms with Crippen LogP contribution in [-0.2, 0) is 16.1 Å². The van der Waals surface area contributed by atoms with Gasteiger partial charge in [-0.1, -0.05) is 48.5 Å². The van der Waals surface area contributed by atoms with Crippen molar-refractivity contribution in [3.63, 3.8) is 0 Å². The second-order valence-corrected chi connectivity index (χ2v) is 8.00. The van der Waals surface area contributed by atoms with Crippen molar-refractivity contribution in [3.05, 3.63) is 113 Å². The van der Waals surface area contributed by atoms with Crippen LogP contribution in [0, 0.1) is 17.1 Å². The molecule has 0 aliphatic carbocycles. The third-order valence-electron chi connectivity index (χ3n) is 5.58. The molecule has 0 radical (unpaired) electrons. The van der Waals surface area contributed by atoms with Gasteiger partial charge in [0.15, 0.2) is 0 Å². The highest BCUT2D eigenvalue weighted by Gasteiger charge is 2.15. The van der Waals surface area contributed by atoms with Crippen LogP contribution in [0.5, 0.6) is 5.75 Å². The fraction of sp³-hybridized carbons (Fsp3) is 0.100. The predicted molar refractivity (Wildman–Crippen MR) is 139 cm³/mol. The van der Waals surface area contributed by atoms with Gasteiger partial charge >= 0.3 is 5.97 Å². The summed E-state index contributed by atoms with van der Waals surface area (Å²) in [4.78, 5) is 24.8. The maximum Gasteiger partial charge on any atom is 0.338 e. The van der Waals surface area contributed by atoms with Crippen LogP contribution in [0.3, 0.4) is 0 Å². The van der Waals surface area contributed by atoms with Crippen molar-refractivity contribution >= 4 is 34.4 Å². The topological polar surface area (TPSA) is 88.4 Å². The summed E-state index contributed by atoms with van der Waals surface area (Å²) < 4.78 is 25.0. The molecule has 4 rings (SSSR count). The molecule has 37 heavy (non-hydrogen) atoms. The Hall–Kier alpha value is -4.96. The van der Waals surface area contributed by atoms with Crippen LogP contribution >= 0.6 is 0 Å². The van der Waals surface area contributed by atoms with Gasteiger partial charge in [0.05, 0.1) is 12.2 Å². The van der Waals surface area contributed by atoms with Crippen molar-refractivity contribution in [2.75, 3.05) is 11.9 Å². The van der Waals surface area contributed by atoms with E-state index in [-0.39, 0.29) is 24.6 Å². The number of anilines is 1. The fourth-order valence-corrected chi connectivity index (χ4v) is 3.72. The monoisotopic (exact) mass is 494 g/mol. The van der Waals surface area contributed by atoms with Crippen LogP contribution in [-0.4, -0.2) is 18.5 Å². The van der Waals surface area contributed by atoms with Crippen molar-refractivity contribution in [2.24, 2.45) is 0 Å². The average molecular weight is 495 g/mol. The summed E-state index contributed by atoms with van der Waals surface area (Å²) in [5.74, 6) is -1.07. The summed E-state index contributed by atoms with van der Waals surface area (Å²) in [6, 6.07) is 25.5. The lowest BCUT2D eigenvalue weighted by Crippen LogP contribution is -2.14. The fourth-order valence-electron chi connectivity index (χ4n) is 3.72. The lowest BCUT2D eigenvalue weighted by atomic mass is 10.0. The second-order valence-electron chi connectivity index (χ2n) is 8.00. The summed E-state index contributed by atoms with van der Waals surface area (Å²) in [6.07, 6.45) is 1.46. The third-order valence-corrected chi connectivity index (χ3v) is 5.58. The number of rotatable bonds is 8. The number of carbonyl (C=O) groups excluding carboxylic acids is 2. The number of ether oxygens (including phenoxy) is 2. The van der Waals surface area contributed by atoms with E-state index in [2.05, 4.69) is 5.32 Å². The zero-order chi connectivity index (χ0) is 26.2. The van der Waals surface area contributed by atoms with Crippen molar-refractivity contribution < 1.29 is 23.5 Å². The van der Waals surface area contributed by atoms with Gasteiger partial charge in [0.2, 0.25) is 0 Å². The van der Waals surface area contributed by atoms with E-state index in [0.717, 1.165) is 10.8 Å². The minimum atomic E-state index is -0.626. The molecule has 6 nitrogen and oxygen atoms in total. The Bertz CT molecular complexity index is 1520. The number of nitrogens with zero attached hydrogens (tertiary/aromatic N) is 1. The number of nitrogens with one attached hydrogen (secondary N) is 1. The second kappa shape index (κ2) is 11.6. The first-order valence-electron chi connectivity index (χ1n) is 11.6. The smallest absolute Gasteiger partial charge is 0.338 e. The van der Waals surface area contributed by atoms with E-state index < -0.39 is 11.9 Å². The molecule has 184 valence electrons. The van der Waals surface area contributed by atoms with Gasteiger partial charge in [-0.2, -0.15) is 5.26 Å². The SMILES string of the molecule is CCOC(=O)c1ccc(NC(=O)/C(C#N)=C/c2c(OCc3ccccc3F)ccc3ccccc23)cc1. The Labute approximate surface area is 213 Å². The molecular formula is C30H23FN2O4. The highest BCUT2D eigenvalue weighted by Crippen LogP contribution is 2.31. The van der Waals surface area contributed by atoms with Gasteiger partial charge in [0.25, 0.3) is 5.91 Å². The van der Waals surface area contributed by atoms with Crippen LogP contribution in [0.4, 0.5) is 10.1 Å². The van der Waals surface area contributed by atoms with E-state index in [1.807, 2.05) is 36.4 Å². The molecule has 0 fully saturated rings. The molecule has 0 saturated carbocycles. The Kier molecular flexibility index (Phi) is 7.91. The van der Waals surface area contributed by atoms with Gasteiger partial charge < -0.3 is 14.8 Å². The number of benzene rings is 4. The largest absolute Gasteiger partial charge is 0.488 e. The van der Waals surface area contributed by atoms with Gasteiger partial charge in [0, 0.05) is 16.8 Å². The molecule has 0 aliphatic heterocycles. The molecule has 4 aromatic rings. The number of esters is 1. The number of fused-ring (bicyclic) bond motifs is 1. The van der Waals surface area contributed by atoms with Gasteiger partial charge in [0.1, 0.15) is 29.8 Å². The van der Waals surface area contributed by atoms with Crippen LogP contribution in [0.2, 0.25) is 0 Å². The van der Waals surface area contributed by atoms with Crippen LogP contribution in [0.1, 0.15) is 28.4 Å². The van der Waals surface area contributed by atoms with Gasteiger partial charge in [-0.05, 0) is 60.2 Å². The number of halogens is 1. The molecule has 1 N–H and O–H groups in total. The molecule has 7 heteroatoms. The predicted octanol–water partition coefficient (Wildman–Crippen LogP) is 6.28. The minimum Gasteiger partial charge on any atom is -0.488 e. The van der Waals surface area contributed by atoms with Crippen LogP contribution < -0.4 is 10.1 Å². The molecule has 0 heterocycles. The molecule has 0 unspecified atom stereocenters. The van der Waals surface area contributed by atoms with Crippen LogP contribution in [0.15, 0.2) is 90.5 Å². The number of hydrogen-bond donors (Lipinski definition) is 1. The minimum absolute atomic E-state index is 0.0211. The van der Waals surface area contributed by atoms with Crippen LogP contribution in [0.25, 0.3) is 16.8 Å². The molecule has 0 atom stereocenters. The first-order valence-corrected chi connectivity index (χ1v) is 11.6. The summed E-state index contributed by atoms with van der Waals surface area (Å²) in [5.41, 5.74) is 1.52. The first kappa shape index (κ1) is 25.1. The summed E-state index contributed by atoms with van der Waals surface area (Å²) in [6.45, 7) is 1.95. The summed E-state index contributed by atoms with van der Waals surface area (Å²) >= 11 is 0. The van der Waals surface area contributed by atoms with Gasteiger partial charge in [-0.15, -0.1) is 0 Å².